The molecule has 0 radical (unpaired) electrons. The fraction of sp³-hybridized carbons (Fsp3) is 0.917. The quantitative estimate of drug-likeness (QED) is 0.714. The average molecular weight is 227 g/mol. The maximum atomic E-state index is 11.0. The van der Waals surface area contributed by atoms with Crippen molar-refractivity contribution in [2.45, 2.75) is 26.7 Å². The van der Waals surface area contributed by atoms with E-state index in [1.807, 2.05) is 6.92 Å². The molecular weight excluding hydrogens is 202 g/mol. The number of nitrogens with zero attached hydrogens (tertiary/aromatic N) is 1. The number of amides is 1. The maximum absolute atomic E-state index is 11.0. The molecule has 0 spiro atoms. The van der Waals surface area contributed by atoms with Crippen LogP contribution in [0.5, 0.6) is 0 Å². The van der Waals surface area contributed by atoms with Crippen molar-refractivity contribution in [1.29, 1.82) is 0 Å². The summed E-state index contributed by atoms with van der Waals surface area (Å²) in [5, 5.41) is 0. The lowest BCUT2D eigenvalue weighted by atomic mass is 9.83. The van der Waals surface area contributed by atoms with Crippen molar-refractivity contribution in [1.82, 2.24) is 4.90 Å². The van der Waals surface area contributed by atoms with Gasteiger partial charge in [-0.1, -0.05) is 20.3 Å². The minimum Gasteiger partial charge on any atom is -0.369 e. The molecule has 0 aromatic carbocycles. The molecule has 1 heterocycles. The monoisotopic (exact) mass is 227 g/mol. The van der Waals surface area contributed by atoms with E-state index in [9.17, 15) is 4.79 Å². The molecule has 3 atom stereocenters. The van der Waals surface area contributed by atoms with Crippen molar-refractivity contribution in [3.05, 3.63) is 0 Å². The van der Waals surface area contributed by atoms with Gasteiger partial charge >= 0.3 is 0 Å². The molecule has 0 aliphatic carbocycles. The predicted octanol–water partition coefficient (Wildman–Crippen LogP) is 0.415. The van der Waals surface area contributed by atoms with Crippen molar-refractivity contribution in [2.24, 2.45) is 29.2 Å². The zero-order valence-corrected chi connectivity index (χ0v) is 10.5. The second-order valence-corrected chi connectivity index (χ2v) is 5.02. The van der Waals surface area contributed by atoms with Crippen LogP contribution in [-0.4, -0.2) is 37.0 Å². The Balaban J connectivity index is 2.44. The summed E-state index contributed by atoms with van der Waals surface area (Å²) in [6.45, 7) is 7.82. The van der Waals surface area contributed by atoms with Crippen LogP contribution in [0.15, 0.2) is 0 Å². The van der Waals surface area contributed by atoms with Crippen molar-refractivity contribution in [3.8, 4) is 0 Å². The number of likely N-dealkylation sites (tertiary alicyclic amines) is 1. The first-order valence-corrected chi connectivity index (χ1v) is 6.30. The Labute approximate surface area is 98.3 Å². The summed E-state index contributed by atoms with van der Waals surface area (Å²) >= 11 is 0. The van der Waals surface area contributed by atoms with Gasteiger partial charge in [0.1, 0.15) is 0 Å². The van der Waals surface area contributed by atoms with E-state index >= 15 is 0 Å². The Kier molecular flexibility index (Phi) is 5.22. The highest BCUT2D eigenvalue weighted by Crippen LogP contribution is 2.25. The van der Waals surface area contributed by atoms with E-state index in [-0.39, 0.29) is 11.8 Å². The van der Waals surface area contributed by atoms with Crippen molar-refractivity contribution < 1.29 is 4.79 Å². The van der Waals surface area contributed by atoms with E-state index < -0.39 is 0 Å². The third-order valence-electron chi connectivity index (χ3n) is 3.82. The van der Waals surface area contributed by atoms with E-state index in [1.165, 1.54) is 6.42 Å². The zero-order valence-electron chi connectivity index (χ0n) is 10.5. The summed E-state index contributed by atoms with van der Waals surface area (Å²) in [7, 11) is 0. The highest BCUT2D eigenvalue weighted by molar-refractivity contribution is 5.76. The summed E-state index contributed by atoms with van der Waals surface area (Å²) in [5.41, 5.74) is 11.1. The number of primary amides is 1. The van der Waals surface area contributed by atoms with Crippen molar-refractivity contribution in [3.63, 3.8) is 0 Å². The molecule has 94 valence electrons. The molecule has 0 aromatic heterocycles. The fourth-order valence-corrected chi connectivity index (χ4v) is 2.57. The van der Waals surface area contributed by atoms with Crippen LogP contribution in [0.25, 0.3) is 0 Å². The molecule has 0 bridgehead atoms. The topological polar surface area (TPSA) is 72.3 Å². The number of carbonyl (C=O) groups excluding carboxylic acids is 1. The summed E-state index contributed by atoms with van der Waals surface area (Å²) in [4.78, 5) is 13.4. The molecule has 1 fully saturated rings. The van der Waals surface area contributed by atoms with Gasteiger partial charge in [0.2, 0.25) is 5.91 Å². The van der Waals surface area contributed by atoms with Crippen LogP contribution in [-0.2, 0) is 4.79 Å². The molecule has 1 rings (SSSR count). The van der Waals surface area contributed by atoms with Crippen LogP contribution >= 0.6 is 0 Å². The lowest BCUT2D eigenvalue weighted by Gasteiger charge is -2.38. The van der Waals surface area contributed by atoms with Crippen LogP contribution in [0.2, 0.25) is 0 Å². The summed E-state index contributed by atoms with van der Waals surface area (Å²) in [6, 6.07) is 0. The van der Waals surface area contributed by atoms with Crippen LogP contribution < -0.4 is 11.5 Å². The highest BCUT2D eigenvalue weighted by atomic mass is 16.1. The second-order valence-electron chi connectivity index (χ2n) is 5.02. The van der Waals surface area contributed by atoms with Crippen LogP contribution in [0.3, 0.4) is 0 Å². The molecule has 0 saturated carbocycles. The van der Waals surface area contributed by atoms with E-state index in [4.69, 9.17) is 11.5 Å². The van der Waals surface area contributed by atoms with Crippen LogP contribution in [0.1, 0.15) is 26.7 Å². The Bertz CT molecular complexity index is 232. The summed E-state index contributed by atoms with van der Waals surface area (Å²) < 4.78 is 0. The molecule has 1 aliphatic heterocycles. The van der Waals surface area contributed by atoms with Gasteiger partial charge in [-0.15, -0.1) is 0 Å². The molecule has 1 aliphatic rings. The summed E-state index contributed by atoms with van der Waals surface area (Å²) in [6.07, 6.45) is 2.32. The normalized spacial score (nSPS) is 28.9. The number of hydrogen-bond donors (Lipinski definition) is 2. The Hall–Kier alpha value is -0.610. The standard InChI is InChI=1S/C12H25N3O/c1-3-10-8-15(5-4-11(10)6-13)7-9(2)12(14)16/h9-11H,3-8,13H2,1-2H3,(H2,14,16). The smallest absolute Gasteiger partial charge is 0.221 e. The minimum atomic E-state index is -0.200. The lowest BCUT2D eigenvalue weighted by molar-refractivity contribution is -0.122. The molecule has 4 heteroatoms. The Morgan fingerprint density at radius 1 is 1.50 bits per heavy atom. The van der Waals surface area contributed by atoms with Gasteiger partial charge in [-0.05, 0) is 31.3 Å². The molecule has 1 saturated heterocycles. The van der Waals surface area contributed by atoms with Crippen LogP contribution in [0, 0.1) is 17.8 Å². The predicted molar refractivity (Wildman–Crippen MR) is 65.7 cm³/mol. The summed E-state index contributed by atoms with van der Waals surface area (Å²) in [5.74, 6) is 1.09. The molecule has 4 N–H and O–H groups in total. The van der Waals surface area contributed by atoms with Gasteiger partial charge in [0.15, 0.2) is 0 Å². The van der Waals surface area contributed by atoms with E-state index in [2.05, 4.69) is 11.8 Å². The number of nitrogens with two attached hydrogens (primary N) is 2. The van der Waals surface area contributed by atoms with E-state index in [1.54, 1.807) is 0 Å². The lowest BCUT2D eigenvalue weighted by Crippen LogP contribution is -2.45. The molecule has 16 heavy (non-hydrogen) atoms. The SMILES string of the molecule is CCC1CN(CC(C)C(N)=O)CCC1CN. The highest BCUT2D eigenvalue weighted by Gasteiger charge is 2.28. The molecular formula is C12H25N3O. The zero-order chi connectivity index (χ0) is 12.1. The van der Waals surface area contributed by atoms with Gasteiger partial charge in [-0.3, -0.25) is 4.79 Å². The van der Waals surface area contributed by atoms with E-state index in [0.29, 0.717) is 11.8 Å². The fourth-order valence-electron chi connectivity index (χ4n) is 2.57. The number of piperidine rings is 1. The van der Waals surface area contributed by atoms with Gasteiger partial charge in [0, 0.05) is 19.0 Å². The third kappa shape index (κ3) is 3.46. The largest absolute Gasteiger partial charge is 0.369 e. The molecule has 1 amide bonds. The number of rotatable bonds is 5. The molecule has 0 aromatic rings. The third-order valence-corrected chi connectivity index (χ3v) is 3.82. The van der Waals surface area contributed by atoms with Gasteiger partial charge in [0.05, 0.1) is 0 Å². The van der Waals surface area contributed by atoms with Crippen molar-refractivity contribution >= 4 is 5.91 Å². The number of carbonyl (C=O) groups is 1. The average Bonchev–Trinajstić information content (AvgIpc) is 2.28. The van der Waals surface area contributed by atoms with Gasteiger partial charge in [-0.2, -0.15) is 0 Å². The van der Waals surface area contributed by atoms with Gasteiger partial charge in [-0.25, -0.2) is 0 Å². The Morgan fingerprint density at radius 3 is 2.69 bits per heavy atom. The minimum absolute atomic E-state index is 0.0491. The second kappa shape index (κ2) is 6.21. The first-order valence-electron chi connectivity index (χ1n) is 6.30. The van der Waals surface area contributed by atoms with Gasteiger partial charge in [0.25, 0.3) is 0 Å². The first kappa shape index (κ1) is 13.5. The van der Waals surface area contributed by atoms with Crippen LogP contribution in [0.4, 0.5) is 0 Å². The molecule has 4 nitrogen and oxygen atoms in total. The molecule has 3 unspecified atom stereocenters. The van der Waals surface area contributed by atoms with E-state index in [0.717, 1.165) is 32.6 Å². The van der Waals surface area contributed by atoms with Crippen molar-refractivity contribution in [2.75, 3.05) is 26.2 Å². The maximum Gasteiger partial charge on any atom is 0.221 e. The Morgan fingerprint density at radius 2 is 2.19 bits per heavy atom. The first-order chi connectivity index (χ1) is 7.58. The number of hydrogen-bond acceptors (Lipinski definition) is 3. The van der Waals surface area contributed by atoms with Gasteiger partial charge < -0.3 is 16.4 Å².